The summed E-state index contributed by atoms with van der Waals surface area (Å²) < 4.78 is 12.7. The lowest BCUT2D eigenvalue weighted by Crippen LogP contribution is -2.28. The Morgan fingerprint density at radius 1 is 1.29 bits per heavy atom. The van der Waals surface area contributed by atoms with Crippen LogP contribution < -0.4 is 0 Å². The van der Waals surface area contributed by atoms with Crippen LogP contribution in [-0.2, 0) is 9.59 Å². The fourth-order valence-corrected chi connectivity index (χ4v) is 1.53. The molecule has 0 aliphatic rings. The third-order valence-electron chi connectivity index (χ3n) is 1.43. The molecule has 0 heterocycles. The van der Waals surface area contributed by atoms with Crippen LogP contribution in [0.3, 0.4) is 0 Å². The molecule has 14 heavy (non-hydrogen) atoms. The summed E-state index contributed by atoms with van der Waals surface area (Å²) in [5.41, 5.74) is 0. The minimum absolute atomic E-state index is 0.205. The van der Waals surface area contributed by atoms with E-state index in [4.69, 9.17) is 33.4 Å². The largest absolute Gasteiger partial charge is 0.481 e. The minimum Gasteiger partial charge on any atom is -0.481 e. The highest BCUT2D eigenvalue weighted by Gasteiger charge is 2.28. The molecule has 3 atom stereocenters. The quantitative estimate of drug-likeness (QED) is 0.697. The van der Waals surface area contributed by atoms with Crippen LogP contribution in [0.15, 0.2) is 0 Å². The van der Waals surface area contributed by atoms with Crippen molar-refractivity contribution < 1.29 is 24.2 Å². The van der Waals surface area contributed by atoms with Crippen LogP contribution in [0.2, 0.25) is 0 Å². The summed E-state index contributed by atoms with van der Waals surface area (Å²) >= 11 is 10.9. The van der Waals surface area contributed by atoms with E-state index >= 15 is 0 Å². The first kappa shape index (κ1) is 13.4. The van der Waals surface area contributed by atoms with Gasteiger partial charge < -0.3 is 10.2 Å². The van der Waals surface area contributed by atoms with E-state index in [1.165, 1.54) is 0 Å². The molecule has 0 aliphatic carbocycles. The number of rotatable bonds is 6. The standard InChI is InChI=1S/C7H9Cl2FO4/c8-3(2-5(11)12)1-4(9)6(10)7(13)14/h3-4,6H,1-2H2,(H,11,12)(H,13,14). The van der Waals surface area contributed by atoms with Crippen molar-refractivity contribution in [3.63, 3.8) is 0 Å². The average molecular weight is 247 g/mol. The molecule has 7 heteroatoms. The molecule has 0 aromatic rings. The van der Waals surface area contributed by atoms with E-state index in [9.17, 15) is 14.0 Å². The Balaban J connectivity index is 3.98. The lowest BCUT2D eigenvalue weighted by atomic mass is 10.1. The molecule has 2 N–H and O–H groups in total. The summed E-state index contributed by atoms with van der Waals surface area (Å²) in [4.78, 5) is 20.3. The zero-order valence-electron chi connectivity index (χ0n) is 6.99. The molecule has 0 aromatic carbocycles. The molecule has 0 aromatic heterocycles. The van der Waals surface area contributed by atoms with Crippen molar-refractivity contribution in [1.82, 2.24) is 0 Å². The van der Waals surface area contributed by atoms with Gasteiger partial charge in [0.05, 0.1) is 11.8 Å². The van der Waals surface area contributed by atoms with E-state index in [1.54, 1.807) is 0 Å². The second-order valence-corrected chi connectivity index (χ2v) is 3.86. The number of hydrogen-bond acceptors (Lipinski definition) is 2. The normalized spacial score (nSPS) is 17.1. The second-order valence-electron chi connectivity index (χ2n) is 2.69. The van der Waals surface area contributed by atoms with Gasteiger partial charge in [-0.25, -0.2) is 9.18 Å². The van der Waals surface area contributed by atoms with E-state index in [-0.39, 0.29) is 12.8 Å². The topological polar surface area (TPSA) is 74.6 Å². The second kappa shape index (κ2) is 6.03. The Kier molecular flexibility index (Phi) is 5.79. The van der Waals surface area contributed by atoms with Gasteiger partial charge in [-0.3, -0.25) is 4.79 Å². The number of hydrogen-bond donors (Lipinski definition) is 2. The molecule has 3 unspecified atom stereocenters. The molecule has 0 fully saturated rings. The smallest absolute Gasteiger partial charge is 0.339 e. The van der Waals surface area contributed by atoms with Gasteiger partial charge in [0.15, 0.2) is 0 Å². The van der Waals surface area contributed by atoms with Crippen molar-refractivity contribution in [3.05, 3.63) is 0 Å². The lowest BCUT2D eigenvalue weighted by molar-refractivity contribution is -0.142. The molecule has 0 rings (SSSR count). The van der Waals surface area contributed by atoms with Gasteiger partial charge in [0.25, 0.3) is 0 Å². The van der Waals surface area contributed by atoms with Gasteiger partial charge in [-0.15, -0.1) is 23.2 Å². The van der Waals surface area contributed by atoms with Crippen LogP contribution in [0.4, 0.5) is 4.39 Å². The predicted molar refractivity (Wildman–Crippen MR) is 48.7 cm³/mol. The number of aliphatic carboxylic acids is 2. The van der Waals surface area contributed by atoms with Gasteiger partial charge in [0, 0.05) is 5.38 Å². The van der Waals surface area contributed by atoms with Gasteiger partial charge >= 0.3 is 11.9 Å². The third kappa shape index (κ3) is 5.24. The highest BCUT2D eigenvalue weighted by molar-refractivity contribution is 6.25. The molecule has 0 bridgehead atoms. The van der Waals surface area contributed by atoms with Gasteiger partial charge in [0.2, 0.25) is 6.17 Å². The Morgan fingerprint density at radius 3 is 2.14 bits per heavy atom. The summed E-state index contributed by atoms with van der Waals surface area (Å²) in [6, 6.07) is 0. The molecule has 0 radical (unpaired) electrons. The van der Waals surface area contributed by atoms with Crippen LogP contribution >= 0.6 is 23.2 Å². The molecular weight excluding hydrogens is 238 g/mol. The molecule has 82 valence electrons. The number of halogens is 3. The van der Waals surface area contributed by atoms with E-state index in [0.717, 1.165) is 0 Å². The predicted octanol–water partition coefficient (Wildman–Crippen LogP) is 1.49. The summed E-state index contributed by atoms with van der Waals surface area (Å²) in [5, 5.41) is 14.4. The first-order valence-electron chi connectivity index (χ1n) is 3.71. The first-order chi connectivity index (χ1) is 6.34. The highest BCUT2D eigenvalue weighted by atomic mass is 35.5. The van der Waals surface area contributed by atoms with Gasteiger partial charge in [-0.2, -0.15) is 0 Å². The molecule has 4 nitrogen and oxygen atoms in total. The van der Waals surface area contributed by atoms with Crippen molar-refractivity contribution >= 4 is 35.1 Å². The van der Waals surface area contributed by atoms with E-state index in [0.29, 0.717) is 0 Å². The Bertz CT molecular complexity index is 224. The molecule has 0 amide bonds. The van der Waals surface area contributed by atoms with Crippen molar-refractivity contribution in [2.75, 3.05) is 0 Å². The van der Waals surface area contributed by atoms with Crippen LogP contribution in [0.25, 0.3) is 0 Å². The van der Waals surface area contributed by atoms with Crippen LogP contribution in [0, 0.1) is 0 Å². The monoisotopic (exact) mass is 246 g/mol. The Morgan fingerprint density at radius 2 is 1.79 bits per heavy atom. The van der Waals surface area contributed by atoms with E-state index in [2.05, 4.69) is 0 Å². The minimum atomic E-state index is -2.23. The maximum atomic E-state index is 12.7. The maximum absolute atomic E-state index is 12.7. The molecular formula is C7H9Cl2FO4. The number of carboxylic acid groups (broad SMARTS) is 2. The lowest BCUT2D eigenvalue weighted by Gasteiger charge is -2.13. The van der Waals surface area contributed by atoms with E-state index in [1.807, 2.05) is 0 Å². The zero-order chi connectivity index (χ0) is 11.3. The fraction of sp³-hybridized carbons (Fsp3) is 0.714. The van der Waals surface area contributed by atoms with Gasteiger partial charge in [-0.1, -0.05) is 0 Å². The zero-order valence-corrected chi connectivity index (χ0v) is 8.50. The summed E-state index contributed by atoms with van der Waals surface area (Å²) in [6.45, 7) is 0. The Hall–Kier alpha value is -0.550. The number of carboxylic acids is 2. The first-order valence-corrected chi connectivity index (χ1v) is 4.58. The molecule has 0 saturated heterocycles. The van der Waals surface area contributed by atoms with Crippen LogP contribution in [0.1, 0.15) is 12.8 Å². The number of carbonyl (C=O) groups is 2. The van der Waals surface area contributed by atoms with Gasteiger partial charge in [0.1, 0.15) is 0 Å². The highest BCUT2D eigenvalue weighted by Crippen LogP contribution is 2.19. The van der Waals surface area contributed by atoms with Crippen molar-refractivity contribution in [1.29, 1.82) is 0 Å². The molecule has 0 saturated carbocycles. The molecule has 0 aliphatic heterocycles. The Labute approximate surface area is 89.6 Å². The maximum Gasteiger partial charge on any atom is 0.339 e. The van der Waals surface area contributed by atoms with Crippen molar-refractivity contribution in [2.45, 2.75) is 29.8 Å². The van der Waals surface area contributed by atoms with Crippen molar-refractivity contribution in [3.8, 4) is 0 Å². The summed E-state index contributed by atoms with van der Waals surface area (Å²) in [6.07, 6.45) is -2.81. The van der Waals surface area contributed by atoms with Gasteiger partial charge in [-0.05, 0) is 6.42 Å². The molecule has 0 spiro atoms. The SMILES string of the molecule is O=C(O)CC(Cl)CC(Cl)C(F)C(=O)O. The average Bonchev–Trinajstić information content (AvgIpc) is 2.00. The third-order valence-corrected chi connectivity index (χ3v) is 2.16. The summed E-state index contributed by atoms with van der Waals surface area (Å²) in [5.74, 6) is -2.82. The van der Waals surface area contributed by atoms with Crippen LogP contribution in [0.5, 0.6) is 0 Å². The van der Waals surface area contributed by atoms with Crippen molar-refractivity contribution in [2.24, 2.45) is 0 Å². The fourth-order valence-electron chi connectivity index (χ4n) is 0.791. The number of alkyl halides is 3. The van der Waals surface area contributed by atoms with E-state index < -0.39 is 28.9 Å². The summed E-state index contributed by atoms with van der Waals surface area (Å²) in [7, 11) is 0. The van der Waals surface area contributed by atoms with Crippen LogP contribution in [-0.4, -0.2) is 39.1 Å².